The number of carbonyl (C=O) groups excluding carboxylic acids is 1. The molecule has 0 aliphatic rings. The predicted octanol–water partition coefficient (Wildman–Crippen LogP) is 2.96. The molecule has 0 unspecified atom stereocenters. The van der Waals surface area contributed by atoms with Crippen LogP contribution in [-0.2, 0) is 6.54 Å². The van der Waals surface area contributed by atoms with Crippen molar-refractivity contribution in [2.24, 2.45) is 0 Å². The molecule has 1 N–H and O–H groups in total. The third kappa shape index (κ3) is 4.09. The molecule has 27 heavy (non-hydrogen) atoms. The number of hydrogen-bond acceptors (Lipinski definition) is 7. The lowest BCUT2D eigenvalue weighted by Crippen LogP contribution is -2.22. The zero-order valence-electron chi connectivity index (χ0n) is 14.7. The van der Waals surface area contributed by atoms with Crippen molar-refractivity contribution in [2.45, 2.75) is 6.54 Å². The van der Waals surface area contributed by atoms with Crippen molar-refractivity contribution in [3.05, 3.63) is 70.1 Å². The normalized spacial score (nSPS) is 10.4. The summed E-state index contributed by atoms with van der Waals surface area (Å²) in [6.45, 7) is 0.208. The number of nitrogens with zero attached hydrogens (tertiary/aromatic N) is 4. The highest BCUT2D eigenvalue weighted by Gasteiger charge is 2.15. The quantitative estimate of drug-likeness (QED) is 0.526. The minimum Gasteiger partial charge on any atom is -0.375 e. The van der Waals surface area contributed by atoms with Crippen LogP contribution in [0.4, 0.5) is 11.4 Å². The number of rotatable bonds is 6. The van der Waals surface area contributed by atoms with E-state index >= 15 is 0 Å². The van der Waals surface area contributed by atoms with Crippen molar-refractivity contribution in [1.29, 1.82) is 0 Å². The minimum absolute atomic E-state index is 0.0481. The Balaban J connectivity index is 1.75. The van der Waals surface area contributed by atoms with Gasteiger partial charge in [-0.25, -0.2) is 0 Å². The van der Waals surface area contributed by atoms with Gasteiger partial charge in [0, 0.05) is 37.5 Å². The number of nitrogens with one attached hydrogen (secondary N) is 1. The standard InChI is InChI=1S/C18H17N5O4/c1-22(2)18(24)14-8-3-4-9-15(14)19-11-16-20-17(21-27-16)12-6-5-7-13(10-12)23(25)26/h3-10,19H,11H2,1-2H3. The van der Waals surface area contributed by atoms with Crippen LogP contribution in [0.3, 0.4) is 0 Å². The van der Waals surface area contributed by atoms with Gasteiger partial charge in [0.15, 0.2) is 0 Å². The number of carbonyl (C=O) groups is 1. The molecule has 0 bridgehead atoms. The van der Waals surface area contributed by atoms with E-state index in [4.69, 9.17) is 4.52 Å². The predicted molar refractivity (Wildman–Crippen MR) is 98.2 cm³/mol. The number of nitro benzene ring substituents is 1. The maximum absolute atomic E-state index is 12.2. The average molecular weight is 367 g/mol. The molecule has 0 aliphatic carbocycles. The molecule has 0 saturated carbocycles. The molecule has 9 heteroatoms. The average Bonchev–Trinajstić information content (AvgIpc) is 3.15. The van der Waals surface area contributed by atoms with Crippen molar-refractivity contribution in [3.8, 4) is 11.4 Å². The molecule has 1 amide bonds. The van der Waals surface area contributed by atoms with Crippen LogP contribution in [0.15, 0.2) is 53.1 Å². The van der Waals surface area contributed by atoms with Crippen LogP contribution in [-0.4, -0.2) is 40.0 Å². The molecule has 3 aromatic rings. The minimum atomic E-state index is -0.481. The highest BCUT2D eigenvalue weighted by molar-refractivity contribution is 5.99. The van der Waals surface area contributed by atoms with Crippen LogP contribution in [0, 0.1) is 10.1 Å². The van der Waals surface area contributed by atoms with Gasteiger partial charge in [-0.05, 0) is 12.1 Å². The molecule has 2 aromatic carbocycles. The Labute approximate surface area is 154 Å². The van der Waals surface area contributed by atoms with E-state index in [-0.39, 0.29) is 24.0 Å². The molecule has 138 valence electrons. The molecule has 3 rings (SSSR count). The van der Waals surface area contributed by atoms with Gasteiger partial charge in [-0.1, -0.05) is 29.4 Å². The van der Waals surface area contributed by atoms with Crippen molar-refractivity contribution < 1.29 is 14.2 Å². The van der Waals surface area contributed by atoms with E-state index in [1.54, 1.807) is 44.4 Å². The van der Waals surface area contributed by atoms with Crippen molar-refractivity contribution in [1.82, 2.24) is 15.0 Å². The van der Waals surface area contributed by atoms with Gasteiger partial charge >= 0.3 is 0 Å². The summed E-state index contributed by atoms with van der Waals surface area (Å²) in [6, 6.07) is 13.1. The second-order valence-corrected chi connectivity index (χ2v) is 5.92. The van der Waals surface area contributed by atoms with Crippen molar-refractivity contribution in [2.75, 3.05) is 19.4 Å². The highest BCUT2D eigenvalue weighted by Crippen LogP contribution is 2.22. The lowest BCUT2D eigenvalue weighted by Gasteiger charge is -2.14. The summed E-state index contributed by atoms with van der Waals surface area (Å²) >= 11 is 0. The number of nitro groups is 1. The number of non-ortho nitro benzene ring substituents is 1. The van der Waals surface area contributed by atoms with Crippen LogP contribution < -0.4 is 5.32 Å². The molecule has 0 fully saturated rings. The first-order chi connectivity index (χ1) is 13.0. The molecule has 1 aromatic heterocycles. The molecule has 9 nitrogen and oxygen atoms in total. The number of hydrogen-bond donors (Lipinski definition) is 1. The summed E-state index contributed by atoms with van der Waals surface area (Å²) in [6.07, 6.45) is 0. The smallest absolute Gasteiger partial charge is 0.270 e. The van der Waals surface area contributed by atoms with Crippen molar-refractivity contribution in [3.63, 3.8) is 0 Å². The fourth-order valence-electron chi connectivity index (χ4n) is 2.44. The number of amides is 1. The van der Waals surface area contributed by atoms with Gasteiger partial charge in [0.25, 0.3) is 11.6 Å². The first-order valence-corrected chi connectivity index (χ1v) is 8.07. The van der Waals surface area contributed by atoms with E-state index in [0.717, 1.165) is 0 Å². The third-order valence-corrected chi connectivity index (χ3v) is 3.78. The van der Waals surface area contributed by atoms with Crippen molar-refractivity contribution >= 4 is 17.3 Å². The second-order valence-electron chi connectivity index (χ2n) is 5.92. The monoisotopic (exact) mass is 367 g/mol. The Bertz CT molecular complexity index is 983. The first kappa shape index (κ1) is 18.1. The van der Waals surface area contributed by atoms with Gasteiger partial charge in [0.05, 0.1) is 17.0 Å². The fourth-order valence-corrected chi connectivity index (χ4v) is 2.44. The first-order valence-electron chi connectivity index (χ1n) is 8.07. The fraction of sp³-hybridized carbons (Fsp3) is 0.167. The topological polar surface area (TPSA) is 114 Å². The zero-order chi connectivity index (χ0) is 19.4. The van der Waals surface area contributed by atoms with Gasteiger partial charge in [-0.15, -0.1) is 0 Å². The summed E-state index contributed by atoms with van der Waals surface area (Å²) in [4.78, 5) is 28.4. The molecule has 0 atom stereocenters. The number of benzene rings is 2. The summed E-state index contributed by atoms with van der Waals surface area (Å²) in [5, 5.41) is 17.9. The van der Waals surface area contributed by atoms with E-state index < -0.39 is 4.92 Å². The van der Waals surface area contributed by atoms with Crippen LogP contribution in [0.2, 0.25) is 0 Å². The molecule has 0 aliphatic heterocycles. The van der Waals surface area contributed by atoms with E-state index in [2.05, 4.69) is 15.5 Å². The highest BCUT2D eigenvalue weighted by atomic mass is 16.6. The Kier molecular flexibility index (Phi) is 5.11. The van der Waals surface area contributed by atoms with E-state index in [0.29, 0.717) is 22.7 Å². The molecular weight excluding hydrogens is 350 g/mol. The summed E-state index contributed by atoms with van der Waals surface area (Å²) in [5.41, 5.74) is 1.61. The molecule has 1 heterocycles. The Morgan fingerprint density at radius 1 is 1.22 bits per heavy atom. The van der Waals surface area contributed by atoms with E-state index in [1.807, 2.05) is 6.07 Å². The van der Waals surface area contributed by atoms with Crippen LogP contribution in [0.5, 0.6) is 0 Å². The summed E-state index contributed by atoms with van der Waals surface area (Å²) in [5.74, 6) is 0.428. The Hall–Kier alpha value is -3.75. The summed E-state index contributed by atoms with van der Waals surface area (Å²) in [7, 11) is 3.37. The van der Waals surface area contributed by atoms with Crippen LogP contribution >= 0.6 is 0 Å². The lowest BCUT2D eigenvalue weighted by atomic mass is 10.1. The number of anilines is 1. The number of para-hydroxylation sites is 1. The van der Waals surface area contributed by atoms with E-state index in [9.17, 15) is 14.9 Å². The SMILES string of the molecule is CN(C)C(=O)c1ccccc1NCc1nc(-c2cccc([N+](=O)[O-])c2)no1. The maximum atomic E-state index is 12.2. The lowest BCUT2D eigenvalue weighted by molar-refractivity contribution is -0.384. The number of aromatic nitrogens is 2. The van der Waals surface area contributed by atoms with Gasteiger partial charge in [-0.2, -0.15) is 4.98 Å². The molecule has 0 spiro atoms. The Morgan fingerprint density at radius 3 is 2.74 bits per heavy atom. The van der Waals surface area contributed by atoms with Crippen LogP contribution in [0.25, 0.3) is 11.4 Å². The largest absolute Gasteiger partial charge is 0.375 e. The molecular formula is C18H17N5O4. The third-order valence-electron chi connectivity index (χ3n) is 3.78. The van der Waals surface area contributed by atoms with E-state index in [1.165, 1.54) is 17.0 Å². The van der Waals surface area contributed by atoms with Crippen LogP contribution in [0.1, 0.15) is 16.2 Å². The van der Waals surface area contributed by atoms with Gasteiger partial charge < -0.3 is 14.7 Å². The second kappa shape index (κ2) is 7.65. The summed E-state index contributed by atoms with van der Waals surface area (Å²) < 4.78 is 5.20. The molecule has 0 radical (unpaired) electrons. The van der Waals surface area contributed by atoms with Gasteiger partial charge in [0.1, 0.15) is 0 Å². The zero-order valence-corrected chi connectivity index (χ0v) is 14.7. The Morgan fingerprint density at radius 2 is 2.00 bits per heavy atom. The molecule has 0 saturated heterocycles. The van der Waals surface area contributed by atoms with Gasteiger partial charge in [0.2, 0.25) is 11.7 Å². The van der Waals surface area contributed by atoms with Gasteiger partial charge in [-0.3, -0.25) is 14.9 Å². The maximum Gasteiger partial charge on any atom is 0.270 e.